The van der Waals surface area contributed by atoms with Crippen LogP contribution in [0.3, 0.4) is 0 Å². The molecule has 4 rings (SSSR count). The Kier molecular flexibility index (Phi) is 3.83. The van der Waals surface area contributed by atoms with Gasteiger partial charge in [-0.25, -0.2) is 9.98 Å². The average Bonchev–Trinajstić information content (AvgIpc) is 3.13. The number of hydrogen-bond donors (Lipinski definition) is 2. The zero-order valence-electron chi connectivity index (χ0n) is 13.2. The van der Waals surface area contributed by atoms with Crippen molar-refractivity contribution in [1.82, 2.24) is 25.2 Å². The minimum atomic E-state index is -4.49. The molecule has 1 radical (unpaired) electrons. The van der Waals surface area contributed by atoms with Gasteiger partial charge in [0.1, 0.15) is 12.0 Å². The number of hydrogen-bond acceptors (Lipinski definition) is 5. The number of nitrogens with zero attached hydrogens (tertiary/aromatic N) is 4. The number of allylic oxidation sites excluding steroid dienone is 2. The van der Waals surface area contributed by atoms with Gasteiger partial charge in [0.2, 0.25) is 0 Å². The summed E-state index contributed by atoms with van der Waals surface area (Å²) in [4.78, 5) is 12.1. The normalized spacial score (nSPS) is 16.4. The number of fused-ring (bicyclic) bond motifs is 1. The molecule has 0 atom stereocenters. The molecule has 131 valence electrons. The summed E-state index contributed by atoms with van der Waals surface area (Å²) >= 11 is 0. The van der Waals surface area contributed by atoms with Gasteiger partial charge in [-0.05, 0) is 18.2 Å². The molecule has 0 aromatic carbocycles. The van der Waals surface area contributed by atoms with E-state index >= 15 is 0 Å². The number of amidine groups is 1. The molecule has 4 heterocycles. The largest absolute Gasteiger partial charge is 0.418 e. The second-order valence-corrected chi connectivity index (χ2v) is 5.60. The van der Waals surface area contributed by atoms with Crippen LogP contribution in [0.2, 0.25) is 0 Å². The lowest BCUT2D eigenvalue weighted by Gasteiger charge is -2.24. The van der Waals surface area contributed by atoms with Crippen LogP contribution in [0.15, 0.2) is 65.7 Å². The van der Waals surface area contributed by atoms with Gasteiger partial charge in [0.15, 0.2) is 0 Å². The number of alkyl halides is 3. The van der Waals surface area contributed by atoms with Crippen molar-refractivity contribution in [3.63, 3.8) is 0 Å². The van der Waals surface area contributed by atoms with Crippen LogP contribution in [0, 0.1) is 6.20 Å². The molecule has 9 heteroatoms. The summed E-state index contributed by atoms with van der Waals surface area (Å²) in [7, 11) is 0. The third-order valence-corrected chi connectivity index (χ3v) is 3.80. The van der Waals surface area contributed by atoms with Gasteiger partial charge < -0.3 is 15.2 Å². The van der Waals surface area contributed by atoms with E-state index in [0.717, 1.165) is 6.07 Å². The number of rotatable bonds is 3. The highest BCUT2D eigenvalue weighted by Crippen LogP contribution is 2.35. The van der Waals surface area contributed by atoms with Crippen LogP contribution in [0.5, 0.6) is 0 Å². The molecule has 0 spiro atoms. The zero-order chi connectivity index (χ0) is 18.1. The van der Waals surface area contributed by atoms with Crippen molar-refractivity contribution >= 4 is 11.4 Å². The van der Waals surface area contributed by atoms with E-state index in [9.17, 15) is 13.2 Å². The molecule has 0 saturated heterocycles. The lowest BCUT2D eigenvalue weighted by Crippen LogP contribution is -2.34. The maximum absolute atomic E-state index is 13.2. The summed E-state index contributed by atoms with van der Waals surface area (Å²) < 4.78 is 41.5. The molecule has 2 aromatic heterocycles. The van der Waals surface area contributed by atoms with Gasteiger partial charge in [-0.15, -0.1) is 0 Å². The molecule has 2 N–H and O–H groups in total. The molecule has 2 aliphatic rings. The van der Waals surface area contributed by atoms with Crippen LogP contribution >= 0.6 is 0 Å². The Hall–Kier alpha value is -3.36. The highest BCUT2D eigenvalue weighted by molar-refractivity contribution is 5.88. The lowest BCUT2D eigenvalue weighted by molar-refractivity contribution is -0.138. The van der Waals surface area contributed by atoms with Crippen LogP contribution in [0.25, 0.3) is 5.57 Å². The third kappa shape index (κ3) is 3.10. The monoisotopic (exact) mass is 357 g/mol. The van der Waals surface area contributed by atoms with E-state index < -0.39 is 11.7 Å². The van der Waals surface area contributed by atoms with Gasteiger partial charge in [-0.2, -0.15) is 13.2 Å². The first-order valence-corrected chi connectivity index (χ1v) is 7.64. The smallest absolute Gasteiger partial charge is 0.358 e. The minimum absolute atomic E-state index is 0.139. The second kappa shape index (κ2) is 6.17. The highest BCUT2D eigenvalue weighted by Gasteiger charge is 2.35. The standard InChI is InChI=1S/C17H12F3N6/c18-17(19,20)12-2-1-3-22-16(12)11-6-13-14(23-7-11)8-24-15(25-13)9-26-5-4-21-10-26/h1-7,10,23H,9H2,(H,24,25). The number of aromatic nitrogens is 3. The van der Waals surface area contributed by atoms with Crippen molar-refractivity contribution in [3.8, 4) is 0 Å². The second-order valence-electron chi connectivity index (χ2n) is 5.60. The fraction of sp³-hybridized carbons (Fsp3) is 0.118. The maximum atomic E-state index is 13.2. The van der Waals surface area contributed by atoms with Crippen molar-refractivity contribution in [3.05, 3.63) is 78.2 Å². The van der Waals surface area contributed by atoms with E-state index in [1.54, 1.807) is 24.8 Å². The molecule has 0 saturated carbocycles. The Bertz CT molecular complexity index is 951. The lowest BCUT2D eigenvalue weighted by atomic mass is 10.0. The van der Waals surface area contributed by atoms with Gasteiger partial charge in [-0.3, -0.25) is 4.98 Å². The van der Waals surface area contributed by atoms with E-state index in [4.69, 9.17) is 0 Å². The average molecular weight is 357 g/mol. The topological polar surface area (TPSA) is 67.1 Å². The number of dihydropyridines is 1. The maximum Gasteiger partial charge on any atom is 0.418 e. The first kappa shape index (κ1) is 16.1. The molecule has 26 heavy (non-hydrogen) atoms. The zero-order valence-corrected chi connectivity index (χ0v) is 13.2. The molecule has 2 aliphatic heterocycles. The first-order valence-electron chi connectivity index (χ1n) is 7.64. The number of halogens is 3. The van der Waals surface area contributed by atoms with Gasteiger partial charge in [0.25, 0.3) is 0 Å². The van der Waals surface area contributed by atoms with Crippen molar-refractivity contribution in [2.45, 2.75) is 12.7 Å². The van der Waals surface area contributed by atoms with E-state index in [2.05, 4.69) is 31.8 Å². The quantitative estimate of drug-likeness (QED) is 0.886. The van der Waals surface area contributed by atoms with Crippen LogP contribution in [-0.2, 0) is 12.7 Å². The van der Waals surface area contributed by atoms with E-state index in [0.29, 0.717) is 29.3 Å². The summed E-state index contributed by atoms with van der Waals surface area (Å²) in [6.07, 6.45) is 7.82. The van der Waals surface area contributed by atoms with Gasteiger partial charge in [0, 0.05) is 30.4 Å². The predicted octanol–water partition coefficient (Wildman–Crippen LogP) is 2.47. The third-order valence-electron chi connectivity index (χ3n) is 3.80. The van der Waals surface area contributed by atoms with Gasteiger partial charge >= 0.3 is 6.18 Å². The Morgan fingerprint density at radius 3 is 2.88 bits per heavy atom. The van der Waals surface area contributed by atoms with E-state index in [-0.39, 0.29) is 5.69 Å². The SMILES string of the molecule is FC(F)(F)c1cccnc1C1=CNC2=[C]N=C(Cn3ccnc3)NC2=C1. The fourth-order valence-corrected chi connectivity index (χ4v) is 2.62. The van der Waals surface area contributed by atoms with Gasteiger partial charge in [-0.1, -0.05) is 0 Å². The summed E-state index contributed by atoms with van der Waals surface area (Å²) in [5.74, 6) is 0.595. The molecule has 6 nitrogen and oxygen atoms in total. The summed E-state index contributed by atoms with van der Waals surface area (Å²) in [6.45, 7) is 0.439. The molecule has 2 aromatic rings. The van der Waals surface area contributed by atoms with Crippen molar-refractivity contribution in [2.24, 2.45) is 4.99 Å². The molecule has 0 fully saturated rings. The summed E-state index contributed by atoms with van der Waals surface area (Å²) in [6, 6.07) is 2.28. The van der Waals surface area contributed by atoms with Crippen LogP contribution < -0.4 is 10.6 Å². The van der Waals surface area contributed by atoms with Crippen LogP contribution in [-0.4, -0.2) is 20.4 Å². The molecular weight excluding hydrogens is 345 g/mol. The number of imidazole rings is 1. The van der Waals surface area contributed by atoms with E-state index in [1.165, 1.54) is 18.5 Å². The molecule has 0 amide bonds. The fourth-order valence-electron chi connectivity index (χ4n) is 2.62. The van der Waals surface area contributed by atoms with Crippen LogP contribution in [0.4, 0.5) is 13.2 Å². The first-order chi connectivity index (χ1) is 12.5. The summed E-state index contributed by atoms with van der Waals surface area (Å²) in [5, 5.41) is 6.01. The molecular formula is C17H12F3N6. The van der Waals surface area contributed by atoms with Crippen molar-refractivity contribution < 1.29 is 13.2 Å². The number of aliphatic imine (C=N–C) groups is 1. The Morgan fingerprint density at radius 2 is 2.12 bits per heavy atom. The molecule has 0 aliphatic carbocycles. The summed E-state index contributed by atoms with van der Waals surface area (Å²) in [5.41, 5.74) is 0.512. The van der Waals surface area contributed by atoms with Crippen molar-refractivity contribution in [2.75, 3.05) is 0 Å². The Labute approximate surface area is 146 Å². The van der Waals surface area contributed by atoms with Crippen molar-refractivity contribution in [1.29, 1.82) is 0 Å². The minimum Gasteiger partial charge on any atom is -0.358 e. The molecule has 0 bridgehead atoms. The van der Waals surface area contributed by atoms with Gasteiger partial charge in [0.05, 0.1) is 35.5 Å². The molecule has 0 unspecified atom stereocenters. The number of pyridine rings is 1. The van der Waals surface area contributed by atoms with Crippen LogP contribution in [0.1, 0.15) is 11.3 Å². The highest BCUT2D eigenvalue weighted by atomic mass is 19.4. The Balaban J connectivity index is 1.62. The number of nitrogens with one attached hydrogen (secondary N) is 2. The predicted molar refractivity (Wildman–Crippen MR) is 88.0 cm³/mol. The van der Waals surface area contributed by atoms with E-state index in [1.807, 2.05) is 4.57 Å². The Morgan fingerprint density at radius 1 is 1.23 bits per heavy atom.